The van der Waals surface area contributed by atoms with Crippen LogP contribution in [-0.4, -0.2) is 11.5 Å². The number of pyridine rings is 1. The number of nitrogens with zero attached hydrogens (tertiary/aromatic N) is 1. The van der Waals surface area contributed by atoms with Gasteiger partial charge >= 0.3 is 6.18 Å². The van der Waals surface area contributed by atoms with Gasteiger partial charge in [0.15, 0.2) is 0 Å². The number of alkyl halides is 3. The molecule has 5 heteroatoms. The summed E-state index contributed by atoms with van der Waals surface area (Å²) in [5.74, 6) is 1.49. The van der Waals surface area contributed by atoms with Crippen molar-refractivity contribution >= 4 is 5.82 Å². The normalized spacial score (nSPS) is 24.2. The summed E-state index contributed by atoms with van der Waals surface area (Å²) in [6, 6.07) is 3.95. The van der Waals surface area contributed by atoms with E-state index in [1.165, 1.54) is 18.9 Å². The Kier molecular flexibility index (Phi) is 3.78. The van der Waals surface area contributed by atoms with Gasteiger partial charge in [-0.25, -0.2) is 4.98 Å². The molecule has 1 N–H and O–H groups in total. The van der Waals surface area contributed by atoms with Crippen LogP contribution in [0.3, 0.4) is 0 Å². The van der Waals surface area contributed by atoms with Gasteiger partial charge in [0.25, 0.3) is 0 Å². The van der Waals surface area contributed by atoms with Crippen LogP contribution in [0.4, 0.5) is 19.0 Å². The second-order valence-electron chi connectivity index (χ2n) is 4.95. The zero-order valence-electron chi connectivity index (χ0n) is 10.3. The van der Waals surface area contributed by atoms with Crippen LogP contribution < -0.4 is 5.32 Å². The molecule has 100 valence electrons. The van der Waals surface area contributed by atoms with Crippen LogP contribution in [0.15, 0.2) is 18.2 Å². The molecule has 1 aliphatic rings. The number of anilines is 1. The Morgan fingerprint density at radius 2 is 2.11 bits per heavy atom. The Morgan fingerprint density at radius 3 is 2.72 bits per heavy atom. The number of hydrogen-bond donors (Lipinski definition) is 1. The molecule has 1 fully saturated rings. The van der Waals surface area contributed by atoms with E-state index in [0.717, 1.165) is 12.5 Å². The monoisotopic (exact) mass is 258 g/mol. The van der Waals surface area contributed by atoms with Gasteiger partial charge in [0.1, 0.15) is 11.5 Å². The Hall–Kier alpha value is -1.26. The van der Waals surface area contributed by atoms with Crippen molar-refractivity contribution in [2.45, 2.75) is 32.4 Å². The van der Waals surface area contributed by atoms with E-state index >= 15 is 0 Å². The minimum Gasteiger partial charge on any atom is -0.370 e. The van der Waals surface area contributed by atoms with E-state index in [1.54, 1.807) is 6.07 Å². The smallest absolute Gasteiger partial charge is 0.370 e. The molecular formula is C13H17F3N2. The van der Waals surface area contributed by atoms with Crippen LogP contribution in [0.5, 0.6) is 0 Å². The lowest BCUT2D eigenvalue weighted by molar-refractivity contribution is -0.141. The van der Waals surface area contributed by atoms with Crippen LogP contribution in [0, 0.1) is 11.8 Å². The second kappa shape index (κ2) is 5.16. The molecule has 0 amide bonds. The molecule has 0 saturated heterocycles. The van der Waals surface area contributed by atoms with E-state index in [4.69, 9.17) is 0 Å². The SMILES string of the molecule is CC1CCCC1CNc1cccc(C(F)(F)F)n1. The number of nitrogens with one attached hydrogen (secondary N) is 1. The zero-order valence-corrected chi connectivity index (χ0v) is 10.3. The van der Waals surface area contributed by atoms with Gasteiger partial charge in [0.2, 0.25) is 0 Å². The molecule has 0 bridgehead atoms. The van der Waals surface area contributed by atoms with Crippen molar-refractivity contribution in [3.63, 3.8) is 0 Å². The maximum absolute atomic E-state index is 12.5. The van der Waals surface area contributed by atoms with Gasteiger partial charge in [-0.05, 0) is 30.4 Å². The zero-order chi connectivity index (χ0) is 13.2. The lowest BCUT2D eigenvalue weighted by Crippen LogP contribution is -2.18. The summed E-state index contributed by atoms with van der Waals surface area (Å²) in [4.78, 5) is 3.59. The molecular weight excluding hydrogens is 241 g/mol. The van der Waals surface area contributed by atoms with Gasteiger partial charge < -0.3 is 5.32 Å². The second-order valence-corrected chi connectivity index (χ2v) is 4.95. The molecule has 2 nitrogen and oxygen atoms in total. The number of rotatable bonds is 3. The minimum absolute atomic E-state index is 0.309. The molecule has 1 aromatic rings. The molecule has 2 atom stereocenters. The highest BCUT2D eigenvalue weighted by Gasteiger charge is 2.32. The van der Waals surface area contributed by atoms with E-state index in [1.807, 2.05) is 0 Å². The summed E-state index contributed by atoms with van der Waals surface area (Å²) in [6.07, 6.45) is -0.808. The predicted molar refractivity (Wildman–Crippen MR) is 64.2 cm³/mol. The molecule has 1 heterocycles. The molecule has 18 heavy (non-hydrogen) atoms. The van der Waals surface area contributed by atoms with Gasteiger partial charge in [-0.3, -0.25) is 0 Å². The maximum Gasteiger partial charge on any atom is 0.433 e. The summed E-state index contributed by atoms with van der Waals surface area (Å²) in [5.41, 5.74) is -0.841. The molecule has 0 spiro atoms. The van der Waals surface area contributed by atoms with Crippen molar-refractivity contribution < 1.29 is 13.2 Å². The van der Waals surface area contributed by atoms with Crippen LogP contribution in [0.2, 0.25) is 0 Å². The van der Waals surface area contributed by atoms with Crippen molar-refractivity contribution in [1.82, 2.24) is 4.98 Å². The Balaban J connectivity index is 1.97. The van der Waals surface area contributed by atoms with E-state index in [0.29, 0.717) is 24.2 Å². The average Bonchev–Trinajstić information content (AvgIpc) is 2.72. The van der Waals surface area contributed by atoms with Crippen LogP contribution >= 0.6 is 0 Å². The first-order chi connectivity index (χ1) is 8.47. The van der Waals surface area contributed by atoms with Gasteiger partial charge in [-0.15, -0.1) is 0 Å². The Bertz CT molecular complexity index is 403. The highest BCUT2D eigenvalue weighted by Crippen LogP contribution is 2.31. The average molecular weight is 258 g/mol. The summed E-state index contributed by atoms with van der Waals surface area (Å²) in [7, 11) is 0. The van der Waals surface area contributed by atoms with Crippen LogP contribution in [0.25, 0.3) is 0 Å². The summed E-state index contributed by atoms with van der Waals surface area (Å²) in [5, 5.41) is 3.02. The Morgan fingerprint density at radius 1 is 1.33 bits per heavy atom. The number of hydrogen-bond acceptors (Lipinski definition) is 2. The van der Waals surface area contributed by atoms with Gasteiger partial charge in [0.05, 0.1) is 0 Å². The highest BCUT2D eigenvalue weighted by atomic mass is 19.4. The van der Waals surface area contributed by atoms with E-state index in [9.17, 15) is 13.2 Å². The lowest BCUT2D eigenvalue weighted by atomic mass is 9.98. The number of halogens is 3. The van der Waals surface area contributed by atoms with Crippen molar-refractivity contribution in [3.8, 4) is 0 Å². The molecule has 2 unspecified atom stereocenters. The molecule has 1 aliphatic carbocycles. The van der Waals surface area contributed by atoms with Gasteiger partial charge in [-0.2, -0.15) is 13.2 Å². The predicted octanol–water partition coefficient (Wildman–Crippen LogP) is 3.95. The molecule has 0 radical (unpaired) electrons. The highest BCUT2D eigenvalue weighted by molar-refractivity contribution is 5.36. The third-order valence-corrected chi connectivity index (χ3v) is 3.62. The van der Waals surface area contributed by atoms with Crippen molar-refractivity contribution in [2.75, 3.05) is 11.9 Å². The fourth-order valence-corrected chi connectivity index (χ4v) is 2.45. The largest absolute Gasteiger partial charge is 0.433 e. The molecule has 1 aromatic heterocycles. The first-order valence-corrected chi connectivity index (χ1v) is 6.25. The number of aromatic nitrogens is 1. The fraction of sp³-hybridized carbons (Fsp3) is 0.615. The molecule has 0 aromatic carbocycles. The standard InChI is InChI=1S/C13H17F3N2/c1-9-4-2-5-10(9)8-17-12-7-3-6-11(18-12)13(14,15)16/h3,6-7,9-10H,2,4-5,8H2,1H3,(H,17,18). The van der Waals surface area contributed by atoms with E-state index < -0.39 is 11.9 Å². The summed E-state index contributed by atoms with van der Waals surface area (Å²) < 4.78 is 37.4. The fourth-order valence-electron chi connectivity index (χ4n) is 2.45. The Labute approximate surface area is 105 Å². The topological polar surface area (TPSA) is 24.9 Å². The van der Waals surface area contributed by atoms with Crippen LogP contribution in [-0.2, 0) is 6.18 Å². The summed E-state index contributed by atoms with van der Waals surface area (Å²) in [6.45, 7) is 2.90. The summed E-state index contributed by atoms with van der Waals surface area (Å²) >= 11 is 0. The molecule has 0 aliphatic heterocycles. The molecule has 2 rings (SSSR count). The van der Waals surface area contributed by atoms with Crippen molar-refractivity contribution in [1.29, 1.82) is 0 Å². The minimum atomic E-state index is -4.38. The van der Waals surface area contributed by atoms with Crippen molar-refractivity contribution in [3.05, 3.63) is 23.9 Å². The quantitative estimate of drug-likeness (QED) is 0.888. The van der Waals surface area contributed by atoms with Gasteiger partial charge in [0, 0.05) is 6.54 Å². The third-order valence-electron chi connectivity index (χ3n) is 3.62. The first-order valence-electron chi connectivity index (χ1n) is 6.25. The first kappa shape index (κ1) is 13.2. The van der Waals surface area contributed by atoms with E-state index in [-0.39, 0.29) is 0 Å². The molecule has 1 saturated carbocycles. The van der Waals surface area contributed by atoms with Crippen LogP contribution in [0.1, 0.15) is 31.9 Å². The maximum atomic E-state index is 12.5. The van der Waals surface area contributed by atoms with Crippen molar-refractivity contribution in [2.24, 2.45) is 11.8 Å². The van der Waals surface area contributed by atoms with Gasteiger partial charge in [-0.1, -0.05) is 25.8 Å². The van der Waals surface area contributed by atoms with E-state index in [2.05, 4.69) is 17.2 Å². The lowest BCUT2D eigenvalue weighted by Gasteiger charge is -2.16. The third kappa shape index (κ3) is 3.15.